The smallest absolute Gasteiger partial charge is 0.246 e. The number of benzene rings is 3. The minimum atomic E-state index is -3.71. The number of sulfonamides is 1. The molecule has 3 aromatic carbocycles. The van der Waals surface area contributed by atoms with Crippen molar-refractivity contribution in [2.24, 2.45) is 0 Å². The van der Waals surface area contributed by atoms with Gasteiger partial charge in [-0.25, -0.2) is 8.42 Å². The fourth-order valence-corrected chi connectivity index (χ4v) is 7.24. The van der Waals surface area contributed by atoms with Gasteiger partial charge in [0.15, 0.2) is 6.23 Å². The lowest BCUT2D eigenvalue weighted by molar-refractivity contribution is 0.0801. The number of hydrogen-bond acceptors (Lipinski definition) is 3. The summed E-state index contributed by atoms with van der Waals surface area (Å²) in [5.74, 6) is 0.917. The maximum Gasteiger partial charge on any atom is 0.246 e. The number of nitrogens with zero attached hydrogens (tertiary/aromatic N) is 1. The van der Waals surface area contributed by atoms with E-state index in [9.17, 15) is 8.42 Å². The van der Waals surface area contributed by atoms with Crippen LogP contribution in [0.4, 0.5) is 0 Å². The first-order valence-electron chi connectivity index (χ1n) is 10.3. The second-order valence-corrected chi connectivity index (χ2v) is 10.6. The van der Waals surface area contributed by atoms with Gasteiger partial charge in [-0.1, -0.05) is 48.0 Å². The molecule has 2 heterocycles. The van der Waals surface area contributed by atoms with Crippen LogP contribution in [0.2, 0.25) is 0 Å². The van der Waals surface area contributed by atoms with Crippen molar-refractivity contribution < 1.29 is 13.2 Å². The molecule has 4 bridgehead atoms. The van der Waals surface area contributed by atoms with Gasteiger partial charge in [-0.05, 0) is 61.2 Å². The van der Waals surface area contributed by atoms with Gasteiger partial charge < -0.3 is 4.74 Å². The quantitative estimate of drug-likeness (QED) is 0.592. The van der Waals surface area contributed by atoms with Gasteiger partial charge in [0, 0.05) is 17.4 Å². The Bertz CT molecular complexity index is 1300. The summed E-state index contributed by atoms with van der Waals surface area (Å²) in [4.78, 5) is 0.323. The second kappa shape index (κ2) is 5.96. The third-order valence-electron chi connectivity index (χ3n) is 7.06. The van der Waals surface area contributed by atoms with Crippen molar-refractivity contribution in [2.45, 2.75) is 49.8 Å². The van der Waals surface area contributed by atoms with Crippen molar-refractivity contribution in [1.82, 2.24) is 4.31 Å². The van der Waals surface area contributed by atoms with Crippen LogP contribution in [0.1, 0.15) is 51.3 Å². The van der Waals surface area contributed by atoms with Gasteiger partial charge in [-0.15, -0.1) is 0 Å². The molecule has 4 atom stereocenters. The molecular formula is C25H23NO3S. The first-order valence-corrected chi connectivity index (χ1v) is 11.8. The molecule has 0 saturated carbocycles. The SMILES string of the molecule is Cc1ccc(S(=O)(=O)N2[C@@H]3Oc4cc(C)c(C)cc4[C@H]4[C@@H]3c3ccccc3[C@H]42)cc1. The highest BCUT2D eigenvalue weighted by atomic mass is 32.2. The molecule has 152 valence electrons. The fourth-order valence-electron chi connectivity index (χ4n) is 5.52. The van der Waals surface area contributed by atoms with Gasteiger partial charge in [0.2, 0.25) is 10.0 Å². The summed E-state index contributed by atoms with van der Waals surface area (Å²) in [5, 5.41) is 0. The van der Waals surface area contributed by atoms with E-state index in [2.05, 4.69) is 38.1 Å². The standard InChI is InChI=1S/C25H23NO3S/c1-14-8-10-17(11-9-14)30(27,28)26-24-19-7-5-4-6-18(19)23-22(24)20-12-15(2)16(3)13-21(20)29-25(23)26/h4-13,22-25H,1-3H3/t22-,23-,24+,25+/m0/s1. The summed E-state index contributed by atoms with van der Waals surface area (Å²) in [5.41, 5.74) is 6.86. The van der Waals surface area contributed by atoms with Crippen LogP contribution in [0.25, 0.3) is 0 Å². The normalized spacial score (nSPS) is 26.2. The Morgan fingerprint density at radius 2 is 1.47 bits per heavy atom. The number of ether oxygens (including phenoxy) is 1. The maximum absolute atomic E-state index is 13.8. The molecule has 0 unspecified atom stereocenters. The van der Waals surface area contributed by atoms with E-state index >= 15 is 0 Å². The van der Waals surface area contributed by atoms with E-state index in [1.165, 1.54) is 11.1 Å². The molecule has 0 radical (unpaired) electrons. The number of rotatable bonds is 2. The van der Waals surface area contributed by atoms with E-state index in [4.69, 9.17) is 4.74 Å². The molecule has 0 N–H and O–H groups in total. The van der Waals surface area contributed by atoms with Crippen LogP contribution in [0.5, 0.6) is 5.75 Å². The van der Waals surface area contributed by atoms with Crippen LogP contribution < -0.4 is 4.74 Å². The molecule has 1 saturated heterocycles. The largest absolute Gasteiger partial charge is 0.473 e. The summed E-state index contributed by atoms with van der Waals surface area (Å²) < 4.78 is 35.7. The van der Waals surface area contributed by atoms with Crippen LogP contribution in [-0.4, -0.2) is 19.0 Å². The van der Waals surface area contributed by atoms with Crippen LogP contribution in [0.3, 0.4) is 0 Å². The molecule has 1 aliphatic carbocycles. The minimum absolute atomic E-state index is 0.0148. The molecule has 0 spiro atoms. The van der Waals surface area contributed by atoms with Crippen LogP contribution >= 0.6 is 0 Å². The molecule has 5 heteroatoms. The molecule has 0 aromatic heterocycles. The molecule has 4 nitrogen and oxygen atoms in total. The summed E-state index contributed by atoms with van der Waals surface area (Å²) in [6.07, 6.45) is -0.518. The van der Waals surface area contributed by atoms with Gasteiger partial charge >= 0.3 is 0 Å². The van der Waals surface area contributed by atoms with Gasteiger partial charge in [0.1, 0.15) is 5.75 Å². The molecule has 2 aliphatic heterocycles. The highest BCUT2D eigenvalue weighted by Gasteiger charge is 2.64. The zero-order valence-corrected chi connectivity index (χ0v) is 18.0. The monoisotopic (exact) mass is 417 g/mol. The van der Waals surface area contributed by atoms with E-state index in [1.54, 1.807) is 16.4 Å². The van der Waals surface area contributed by atoms with Crippen molar-refractivity contribution in [3.63, 3.8) is 0 Å². The molecule has 0 amide bonds. The van der Waals surface area contributed by atoms with Crippen LogP contribution in [-0.2, 0) is 10.0 Å². The van der Waals surface area contributed by atoms with Gasteiger partial charge in [0.05, 0.1) is 10.9 Å². The van der Waals surface area contributed by atoms with Gasteiger partial charge in [-0.3, -0.25) is 0 Å². The predicted octanol–water partition coefficient (Wildman–Crippen LogP) is 4.96. The van der Waals surface area contributed by atoms with Crippen molar-refractivity contribution in [3.8, 4) is 5.75 Å². The average molecular weight is 418 g/mol. The number of aryl methyl sites for hydroxylation is 3. The Labute approximate surface area is 177 Å². The Balaban J connectivity index is 1.57. The van der Waals surface area contributed by atoms with Crippen LogP contribution in [0, 0.1) is 20.8 Å². The third-order valence-corrected chi connectivity index (χ3v) is 8.92. The summed E-state index contributed by atoms with van der Waals surface area (Å²) in [6, 6.07) is 19.4. The molecule has 6 rings (SSSR count). The topological polar surface area (TPSA) is 46.6 Å². The van der Waals surface area contributed by atoms with E-state index < -0.39 is 16.3 Å². The summed E-state index contributed by atoms with van der Waals surface area (Å²) in [7, 11) is -3.71. The van der Waals surface area contributed by atoms with Crippen molar-refractivity contribution in [3.05, 3.63) is 94.0 Å². The number of fused-ring (bicyclic) bond motifs is 3. The van der Waals surface area contributed by atoms with E-state index in [0.29, 0.717) is 4.90 Å². The molecule has 1 fully saturated rings. The predicted molar refractivity (Wildman–Crippen MR) is 115 cm³/mol. The Kier molecular flexibility index (Phi) is 3.61. The maximum atomic E-state index is 13.8. The molecule has 3 aliphatic rings. The highest BCUT2D eigenvalue weighted by Crippen LogP contribution is 2.66. The zero-order chi connectivity index (χ0) is 20.8. The van der Waals surface area contributed by atoms with Crippen molar-refractivity contribution in [1.29, 1.82) is 0 Å². The highest BCUT2D eigenvalue weighted by molar-refractivity contribution is 7.89. The first kappa shape index (κ1) is 18.2. The molecule has 3 aromatic rings. The zero-order valence-electron chi connectivity index (χ0n) is 17.2. The van der Waals surface area contributed by atoms with Crippen LogP contribution in [0.15, 0.2) is 65.6 Å². The van der Waals surface area contributed by atoms with E-state index in [1.807, 2.05) is 31.2 Å². The summed E-state index contributed by atoms with van der Waals surface area (Å²) in [6.45, 7) is 6.13. The van der Waals surface area contributed by atoms with E-state index in [-0.39, 0.29) is 17.9 Å². The Morgan fingerprint density at radius 3 is 2.20 bits per heavy atom. The first-order chi connectivity index (χ1) is 14.4. The molecular weight excluding hydrogens is 394 g/mol. The fraction of sp³-hybridized carbons (Fsp3) is 0.280. The lowest BCUT2D eigenvalue weighted by atomic mass is 9.83. The Hall–Kier alpha value is -2.63. The van der Waals surface area contributed by atoms with Crippen molar-refractivity contribution >= 4 is 10.0 Å². The van der Waals surface area contributed by atoms with E-state index in [0.717, 1.165) is 28.0 Å². The molecule has 30 heavy (non-hydrogen) atoms. The lowest BCUT2D eigenvalue weighted by Gasteiger charge is -2.36. The third kappa shape index (κ3) is 2.22. The summed E-state index contributed by atoms with van der Waals surface area (Å²) >= 11 is 0. The Morgan fingerprint density at radius 1 is 0.800 bits per heavy atom. The van der Waals surface area contributed by atoms with Gasteiger partial charge in [-0.2, -0.15) is 4.31 Å². The minimum Gasteiger partial charge on any atom is -0.473 e. The van der Waals surface area contributed by atoms with Crippen molar-refractivity contribution in [2.75, 3.05) is 0 Å². The van der Waals surface area contributed by atoms with Gasteiger partial charge in [0.25, 0.3) is 0 Å². The number of hydrogen-bond donors (Lipinski definition) is 0. The second-order valence-electron chi connectivity index (χ2n) is 8.76. The average Bonchev–Trinajstić information content (AvgIpc) is 3.18. The lowest BCUT2D eigenvalue weighted by Crippen LogP contribution is -2.44.